The normalized spacial score (nSPS) is 10.9. The largest absolute Gasteiger partial charge is 0.313 e. The molecule has 0 fully saturated rings. The number of aryl methyl sites for hydroxylation is 2. The topological polar surface area (TPSA) is 29.9 Å². The number of hydrogen-bond acceptors (Lipinski definition) is 2. The number of nitrogens with zero attached hydrogens (tertiary/aromatic N) is 2. The van der Waals surface area contributed by atoms with Gasteiger partial charge in [-0.1, -0.05) is 24.6 Å². The molecule has 1 N–H and O–H groups in total. The van der Waals surface area contributed by atoms with Crippen molar-refractivity contribution in [2.24, 2.45) is 7.05 Å². The Morgan fingerprint density at radius 3 is 2.74 bits per heavy atom. The number of rotatable bonds is 5. The number of aromatic nitrogens is 2. The fourth-order valence-corrected chi connectivity index (χ4v) is 2.39. The van der Waals surface area contributed by atoms with Gasteiger partial charge in [-0.25, -0.2) is 0 Å². The van der Waals surface area contributed by atoms with Crippen molar-refractivity contribution in [1.82, 2.24) is 15.1 Å². The maximum absolute atomic E-state index is 6.14. The Balaban J connectivity index is 2.37. The van der Waals surface area contributed by atoms with Gasteiger partial charge in [-0.15, -0.1) is 0 Å². The van der Waals surface area contributed by atoms with Gasteiger partial charge in [0.05, 0.1) is 5.69 Å². The van der Waals surface area contributed by atoms with Crippen LogP contribution in [0.1, 0.15) is 24.6 Å². The molecule has 1 aromatic carbocycles. The zero-order valence-corrected chi connectivity index (χ0v) is 12.5. The summed E-state index contributed by atoms with van der Waals surface area (Å²) in [4.78, 5) is 0. The number of benzene rings is 1. The lowest BCUT2D eigenvalue weighted by Gasteiger charge is -2.10. The molecule has 0 saturated heterocycles. The minimum Gasteiger partial charge on any atom is -0.313 e. The lowest BCUT2D eigenvalue weighted by atomic mass is 10.0. The van der Waals surface area contributed by atoms with E-state index in [9.17, 15) is 0 Å². The second-order valence-corrected chi connectivity index (χ2v) is 5.22. The minimum atomic E-state index is 0.762. The second-order valence-electron chi connectivity index (χ2n) is 4.78. The third kappa shape index (κ3) is 3.37. The van der Waals surface area contributed by atoms with E-state index in [0.29, 0.717) is 0 Å². The molecule has 3 nitrogen and oxygen atoms in total. The van der Waals surface area contributed by atoms with Gasteiger partial charge in [0.1, 0.15) is 0 Å². The molecule has 102 valence electrons. The van der Waals surface area contributed by atoms with E-state index in [1.807, 2.05) is 37.0 Å². The van der Waals surface area contributed by atoms with Crippen LogP contribution in [0.2, 0.25) is 5.02 Å². The van der Waals surface area contributed by atoms with Gasteiger partial charge in [-0.3, -0.25) is 4.68 Å². The molecule has 0 radical (unpaired) electrons. The summed E-state index contributed by atoms with van der Waals surface area (Å²) in [7, 11) is 1.94. The van der Waals surface area contributed by atoms with E-state index in [0.717, 1.165) is 35.8 Å². The molecule has 0 aliphatic rings. The first-order valence-electron chi connectivity index (χ1n) is 6.61. The Bertz CT molecular complexity index is 561. The lowest BCUT2D eigenvalue weighted by molar-refractivity contribution is 0.676. The molecule has 0 unspecified atom stereocenters. The highest BCUT2D eigenvalue weighted by molar-refractivity contribution is 6.30. The molecule has 0 saturated carbocycles. The predicted octanol–water partition coefficient (Wildman–Crippen LogP) is 3.55. The molecule has 2 rings (SSSR count). The smallest absolute Gasteiger partial charge is 0.0672 e. The maximum Gasteiger partial charge on any atom is 0.0672 e. The zero-order valence-electron chi connectivity index (χ0n) is 11.7. The van der Waals surface area contributed by atoms with E-state index in [4.69, 9.17) is 11.6 Å². The Labute approximate surface area is 119 Å². The van der Waals surface area contributed by atoms with Gasteiger partial charge in [0, 0.05) is 30.4 Å². The van der Waals surface area contributed by atoms with Crippen LogP contribution in [0.4, 0.5) is 0 Å². The van der Waals surface area contributed by atoms with E-state index < -0.39 is 0 Å². The van der Waals surface area contributed by atoms with Gasteiger partial charge in [-0.2, -0.15) is 5.10 Å². The summed E-state index contributed by atoms with van der Waals surface area (Å²) in [5.41, 5.74) is 4.61. The van der Waals surface area contributed by atoms with Crippen LogP contribution < -0.4 is 5.32 Å². The molecule has 1 aromatic heterocycles. The van der Waals surface area contributed by atoms with Gasteiger partial charge in [0.25, 0.3) is 0 Å². The molecular weight excluding hydrogens is 258 g/mol. The summed E-state index contributed by atoms with van der Waals surface area (Å²) in [5.74, 6) is 0. The molecule has 0 aliphatic carbocycles. The van der Waals surface area contributed by atoms with Crippen LogP contribution in [0, 0.1) is 6.92 Å². The first-order valence-corrected chi connectivity index (χ1v) is 6.99. The molecule has 0 atom stereocenters. The van der Waals surface area contributed by atoms with Crippen molar-refractivity contribution in [3.05, 3.63) is 40.7 Å². The SMILES string of the molecule is CCCNCc1ccc(Cl)cc1-c1cn(C)nc1C. The van der Waals surface area contributed by atoms with Gasteiger partial charge in [0.15, 0.2) is 0 Å². The van der Waals surface area contributed by atoms with Crippen molar-refractivity contribution < 1.29 is 0 Å². The van der Waals surface area contributed by atoms with Gasteiger partial charge in [-0.05, 0) is 43.1 Å². The summed E-state index contributed by atoms with van der Waals surface area (Å²) < 4.78 is 1.84. The molecule has 19 heavy (non-hydrogen) atoms. The van der Waals surface area contributed by atoms with Crippen molar-refractivity contribution >= 4 is 11.6 Å². The summed E-state index contributed by atoms with van der Waals surface area (Å²) in [5, 5.41) is 8.61. The highest BCUT2D eigenvalue weighted by Crippen LogP contribution is 2.29. The average molecular weight is 278 g/mol. The Kier molecular flexibility index (Phi) is 4.61. The fourth-order valence-electron chi connectivity index (χ4n) is 2.22. The van der Waals surface area contributed by atoms with Crippen LogP contribution in [0.25, 0.3) is 11.1 Å². The fraction of sp³-hybridized carbons (Fsp3) is 0.400. The van der Waals surface area contributed by atoms with Gasteiger partial charge >= 0.3 is 0 Å². The monoisotopic (exact) mass is 277 g/mol. The van der Waals surface area contributed by atoms with Crippen molar-refractivity contribution in [3.8, 4) is 11.1 Å². The van der Waals surface area contributed by atoms with Crippen LogP contribution in [0.5, 0.6) is 0 Å². The summed E-state index contributed by atoms with van der Waals surface area (Å²) >= 11 is 6.14. The summed E-state index contributed by atoms with van der Waals surface area (Å²) in [6.45, 7) is 6.07. The molecule has 0 spiro atoms. The zero-order chi connectivity index (χ0) is 13.8. The van der Waals surface area contributed by atoms with E-state index >= 15 is 0 Å². The summed E-state index contributed by atoms with van der Waals surface area (Å²) in [6.07, 6.45) is 3.18. The third-order valence-electron chi connectivity index (χ3n) is 3.12. The van der Waals surface area contributed by atoms with Crippen LogP contribution in [0.3, 0.4) is 0 Å². The lowest BCUT2D eigenvalue weighted by Crippen LogP contribution is -2.14. The molecule has 2 aromatic rings. The second kappa shape index (κ2) is 6.22. The molecule has 4 heteroatoms. The van der Waals surface area contributed by atoms with Gasteiger partial charge in [0.2, 0.25) is 0 Å². The number of hydrogen-bond donors (Lipinski definition) is 1. The first kappa shape index (κ1) is 14.1. The Morgan fingerprint density at radius 1 is 1.32 bits per heavy atom. The van der Waals surface area contributed by atoms with Crippen LogP contribution >= 0.6 is 11.6 Å². The predicted molar refractivity (Wildman–Crippen MR) is 80.4 cm³/mol. The van der Waals surface area contributed by atoms with Crippen LogP contribution in [-0.2, 0) is 13.6 Å². The van der Waals surface area contributed by atoms with Crippen molar-refractivity contribution in [1.29, 1.82) is 0 Å². The minimum absolute atomic E-state index is 0.762. The standard InChI is InChI=1S/C15H20ClN3/c1-4-7-17-9-12-5-6-13(16)8-14(12)15-10-19(3)18-11(15)2/h5-6,8,10,17H,4,7,9H2,1-3H3. The van der Waals surface area contributed by atoms with Gasteiger partial charge < -0.3 is 5.32 Å². The number of nitrogens with one attached hydrogen (secondary N) is 1. The maximum atomic E-state index is 6.14. The molecular formula is C15H20ClN3. The van der Waals surface area contributed by atoms with Crippen molar-refractivity contribution in [2.45, 2.75) is 26.8 Å². The highest BCUT2D eigenvalue weighted by atomic mass is 35.5. The van der Waals surface area contributed by atoms with Crippen molar-refractivity contribution in [2.75, 3.05) is 6.54 Å². The average Bonchev–Trinajstić information content (AvgIpc) is 2.70. The summed E-state index contributed by atoms with van der Waals surface area (Å²) in [6, 6.07) is 6.06. The van der Waals surface area contributed by atoms with Crippen LogP contribution in [-0.4, -0.2) is 16.3 Å². The first-order chi connectivity index (χ1) is 9.11. The Morgan fingerprint density at radius 2 is 2.11 bits per heavy atom. The van der Waals surface area contributed by atoms with Crippen LogP contribution in [0.15, 0.2) is 24.4 Å². The molecule has 0 amide bonds. The van der Waals surface area contributed by atoms with E-state index in [2.05, 4.69) is 23.4 Å². The van der Waals surface area contributed by atoms with E-state index in [1.54, 1.807) is 0 Å². The molecule has 1 heterocycles. The quantitative estimate of drug-likeness (QED) is 0.847. The molecule has 0 bridgehead atoms. The molecule has 0 aliphatic heterocycles. The highest BCUT2D eigenvalue weighted by Gasteiger charge is 2.11. The van der Waals surface area contributed by atoms with E-state index in [-0.39, 0.29) is 0 Å². The third-order valence-corrected chi connectivity index (χ3v) is 3.35. The number of halogens is 1. The Hall–Kier alpha value is -1.32. The van der Waals surface area contributed by atoms with E-state index in [1.165, 1.54) is 11.1 Å². The van der Waals surface area contributed by atoms with Crippen molar-refractivity contribution in [3.63, 3.8) is 0 Å².